The Bertz CT molecular complexity index is 80.4. The van der Waals surface area contributed by atoms with Crippen molar-refractivity contribution in [3.8, 4) is 0 Å². The minimum Gasteiger partial charge on any atom is -0.383 e. The lowest BCUT2D eigenvalue weighted by Crippen LogP contribution is -2.20. The fourth-order valence-electron chi connectivity index (χ4n) is 0.131. The van der Waals surface area contributed by atoms with E-state index >= 15 is 0 Å². The van der Waals surface area contributed by atoms with Crippen LogP contribution in [0.4, 0.5) is 0 Å². The van der Waals surface area contributed by atoms with Gasteiger partial charge in [-0.1, -0.05) is 0 Å². The van der Waals surface area contributed by atoms with Crippen molar-refractivity contribution in [3.63, 3.8) is 0 Å². The van der Waals surface area contributed by atoms with Crippen LogP contribution < -0.4 is 5.73 Å². The minimum atomic E-state index is -2.30. The Kier molecular flexibility index (Phi) is 1.19. The van der Waals surface area contributed by atoms with E-state index in [1.807, 2.05) is 0 Å². The fourth-order valence-corrected chi connectivity index (χ4v) is 0.131. The molecule has 0 aromatic rings. The van der Waals surface area contributed by atoms with Crippen LogP contribution in [0.2, 0.25) is 0 Å². The zero-order chi connectivity index (χ0) is 7.49. The molecule has 38 valence electrons. The van der Waals surface area contributed by atoms with E-state index in [9.17, 15) is 0 Å². The number of hydrogen-bond acceptors (Lipinski definition) is 2. The summed E-state index contributed by atoms with van der Waals surface area (Å²) in [6.07, 6.45) is 0. The number of ether oxygens (including phenoxy) is 1. The molecule has 0 spiro atoms. The molecule has 6 heavy (non-hydrogen) atoms. The van der Waals surface area contributed by atoms with Gasteiger partial charge in [0.25, 0.3) is 0 Å². The second-order valence-corrected chi connectivity index (χ2v) is 1.29. The van der Waals surface area contributed by atoms with E-state index in [1.165, 1.54) is 0 Å². The van der Waals surface area contributed by atoms with Crippen LogP contribution in [0.1, 0.15) is 11.0 Å². The molecule has 0 aliphatic heterocycles. The van der Waals surface area contributed by atoms with E-state index in [0.717, 1.165) is 0 Å². The molecule has 0 unspecified atom stereocenters. The summed E-state index contributed by atoms with van der Waals surface area (Å²) in [6, 6.07) is -0.217. The van der Waals surface area contributed by atoms with Crippen molar-refractivity contribution in [2.45, 2.75) is 13.0 Å². The predicted molar refractivity (Wildman–Crippen MR) is 25.5 cm³/mol. The summed E-state index contributed by atoms with van der Waals surface area (Å²) in [7, 11) is -2.30. The van der Waals surface area contributed by atoms with Gasteiger partial charge in [0.05, 0.1) is 10.7 Å². The molecule has 2 heteroatoms. The minimum absolute atomic E-state index is 0.0799. The van der Waals surface area contributed by atoms with E-state index in [1.54, 1.807) is 6.92 Å². The molecule has 0 bridgehead atoms. The molecule has 0 aliphatic rings. The maximum Gasteiger partial charge on any atom is 0.0611 e. The zero-order valence-electron chi connectivity index (χ0n) is 6.77. The van der Waals surface area contributed by atoms with Crippen LogP contribution in [-0.2, 0) is 4.74 Å². The Balaban J connectivity index is 3.28. The van der Waals surface area contributed by atoms with E-state index in [-0.39, 0.29) is 12.6 Å². The van der Waals surface area contributed by atoms with E-state index in [2.05, 4.69) is 4.74 Å². The maximum absolute atomic E-state index is 6.58. The van der Waals surface area contributed by atoms with E-state index in [0.29, 0.717) is 0 Å². The molecule has 0 saturated heterocycles. The summed E-state index contributed by atoms with van der Waals surface area (Å²) in [5.74, 6) is 0. The van der Waals surface area contributed by atoms with Crippen molar-refractivity contribution in [2.24, 2.45) is 5.73 Å². The van der Waals surface area contributed by atoms with Gasteiger partial charge in [-0.2, -0.15) is 0 Å². The SMILES string of the molecule is [2H]C([2H])([2H])OC[C@H](C)N. The molecule has 0 aromatic carbocycles. The maximum atomic E-state index is 6.58. The van der Waals surface area contributed by atoms with E-state index in [4.69, 9.17) is 9.85 Å². The van der Waals surface area contributed by atoms with Crippen molar-refractivity contribution < 1.29 is 8.85 Å². The van der Waals surface area contributed by atoms with Gasteiger partial charge in [-0.15, -0.1) is 0 Å². The summed E-state index contributed by atoms with van der Waals surface area (Å²) in [4.78, 5) is 0. The van der Waals surface area contributed by atoms with Crippen molar-refractivity contribution in [3.05, 3.63) is 0 Å². The lowest BCUT2D eigenvalue weighted by molar-refractivity contribution is 0.185. The molecule has 0 fully saturated rings. The highest BCUT2D eigenvalue weighted by molar-refractivity contribution is 4.45. The van der Waals surface area contributed by atoms with E-state index < -0.39 is 7.04 Å². The summed E-state index contributed by atoms with van der Waals surface area (Å²) >= 11 is 0. The smallest absolute Gasteiger partial charge is 0.0611 e. The van der Waals surface area contributed by atoms with Gasteiger partial charge in [-0.05, 0) is 6.92 Å². The molecular formula is C4H11NO. The number of rotatable bonds is 2. The highest BCUT2D eigenvalue weighted by atomic mass is 16.5. The van der Waals surface area contributed by atoms with Gasteiger partial charge in [-0.25, -0.2) is 0 Å². The second-order valence-electron chi connectivity index (χ2n) is 1.29. The van der Waals surface area contributed by atoms with Crippen LogP contribution in [0.25, 0.3) is 0 Å². The average molecular weight is 92.2 g/mol. The lowest BCUT2D eigenvalue weighted by atomic mass is 10.4. The molecule has 0 saturated carbocycles. The second kappa shape index (κ2) is 3.12. The highest BCUT2D eigenvalue weighted by Crippen LogP contribution is 1.71. The molecule has 0 radical (unpaired) electrons. The van der Waals surface area contributed by atoms with Gasteiger partial charge >= 0.3 is 0 Å². The Morgan fingerprint density at radius 3 is 3.00 bits per heavy atom. The summed E-state index contributed by atoms with van der Waals surface area (Å²) < 4.78 is 24.1. The van der Waals surface area contributed by atoms with Crippen LogP contribution in [0.3, 0.4) is 0 Å². The lowest BCUT2D eigenvalue weighted by Gasteiger charge is -1.98. The Morgan fingerprint density at radius 1 is 2.17 bits per heavy atom. The van der Waals surface area contributed by atoms with Crippen LogP contribution >= 0.6 is 0 Å². The van der Waals surface area contributed by atoms with Crippen molar-refractivity contribution in [2.75, 3.05) is 13.6 Å². The monoisotopic (exact) mass is 92.1 g/mol. The Morgan fingerprint density at radius 2 is 2.83 bits per heavy atom. The molecule has 2 nitrogen and oxygen atoms in total. The summed E-state index contributed by atoms with van der Waals surface area (Å²) in [6.45, 7) is 1.77. The first-order valence-corrected chi connectivity index (χ1v) is 1.81. The molecule has 0 aliphatic carbocycles. The van der Waals surface area contributed by atoms with Gasteiger partial charge < -0.3 is 10.5 Å². The standard InChI is InChI=1S/C4H11NO/c1-4(5)3-6-2/h4H,3,5H2,1-2H3/t4-/m0/s1/i2D3. The van der Waals surface area contributed by atoms with Crippen molar-refractivity contribution in [1.82, 2.24) is 0 Å². The predicted octanol–water partition coefficient (Wildman–Crippen LogP) is -0.0200. The molecule has 0 heterocycles. The molecule has 0 aromatic heterocycles. The molecule has 0 rings (SSSR count). The largest absolute Gasteiger partial charge is 0.383 e. The number of methoxy groups -OCH3 is 1. The Labute approximate surface area is 42.5 Å². The first kappa shape index (κ1) is 2.28. The first-order chi connectivity index (χ1) is 3.92. The first-order valence-electron chi connectivity index (χ1n) is 3.31. The molecule has 2 N–H and O–H groups in total. The van der Waals surface area contributed by atoms with Crippen molar-refractivity contribution in [1.29, 1.82) is 0 Å². The zero-order valence-corrected chi connectivity index (χ0v) is 3.77. The van der Waals surface area contributed by atoms with Gasteiger partial charge in [0.1, 0.15) is 0 Å². The molecular weight excluding hydrogens is 78.0 g/mol. The molecule has 1 atom stereocenters. The number of hydrogen-bond donors (Lipinski definition) is 1. The fraction of sp³-hybridized carbons (Fsp3) is 1.00. The summed E-state index contributed by atoms with van der Waals surface area (Å²) in [5.41, 5.74) is 5.22. The third kappa shape index (κ3) is 3.92. The van der Waals surface area contributed by atoms with Crippen LogP contribution in [0.15, 0.2) is 0 Å². The molecule has 0 amide bonds. The third-order valence-corrected chi connectivity index (χ3v) is 0.346. The highest BCUT2D eigenvalue weighted by Gasteiger charge is 1.85. The Hall–Kier alpha value is -0.0800. The quantitative estimate of drug-likeness (QED) is 0.519. The van der Waals surface area contributed by atoms with Gasteiger partial charge in [-0.3, -0.25) is 0 Å². The van der Waals surface area contributed by atoms with Crippen LogP contribution in [0, 0.1) is 0 Å². The van der Waals surface area contributed by atoms with Gasteiger partial charge in [0.15, 0.2) is 0 Å². The average Bonchev–Trinajstić information content (AvgIpc) is 1.59. The topological polar surface area (TPSA) is 35.2 Å². The third-order valence-electron chi connectivity index (χ3n) is 0.346. The van der Waals surface area contributed by atoms with Gasteiger partial charge in [0, 0.05) is 13.1 Å². The van der Waals surface area contributed by atoms with Crippen LogP contribution in [0.5, 0.6) is 0 Å². The van der Waals surface area contributed by atoms with Gasteiger partial charge in [0.2, 0.25) is 0 Å². The normalized spacial score (nSPS) is 24.0. The number of nitrogens with two attached hydrogens (primary N) is 1. The summed E-state index contributed by atoms with van der Waals surface area (Å²) in [5, 5.41) is 0. The van der Waals surface area contributed by atoms with Crippen LogP contribution in [-0.4, -0.2) is 19.7 Å². The van der Waals surface area contributed by atoms with Crippen molar-refractivity contribution >= 4 is 0 Å².